The number of aromatic nitrogens is 4. The number of likely N-dealkylation sites (tertiary alicyclic amines) is 1. The van der Waals surface area contributed by atoms with Gasteiger partial charge in [0.2, 0.25) is 5.88 Å². The predicted octanol–water partition coefficient (Wildman–Crippen LogP) is 5.21. The summed E-state index contributed by atoms with van der Waals surface area (Å²) in [5, 5.41) is 6.63. The van der Waals surface area contributed by atoms with Crippen LogP contribution in [0.1, 0.15) is 57.7 Å². The van der Waals surface area contributed by atoms with Crippen molar-refractivity contribution in [1.29, 1.82) is 0 Å². The Morgan fingerprint density at radius 3 is 2.60 bits per heavy atom. The van der Waals surface area contributed by atoms with Gasteiger partial charge in [-0.05, 0) is 52.1 Å². The molecule has 7 rings (SSSR count). The molecular formula is C33H44F4N8O3. The zero-order valence-corrected chi connectivity index (χ0v) is 27.8. The summed E-state index contributed by atoms with van der Waals surface area (Å²) in [5.74, 6) is -0.566. The predicted molar refractivity (Wildman–Crippen MR) is 174 cm³/mol. The van der Waals surface area contributed by atoms with Crippen molar-refractivity contribution in [1.82, 2.24) is 30.2 Å². The molecule has 1 aliphatic carbocycles. The van der Waals surface area contributed by atoms with Crippen molar-refractivity contribution in [3.05, 3.63) is 23.1 Å². The Morgan fingerprint density at radius 1 is 1.08 bits per heavy atom. The van der Waals surface area contributed by atoms with Gasteiger partial charge in [0.05, 0.1) is 30.1 Å². The van der Waals surface area contributed by atoms with Gasteiger partial charge in [0.15, 0.2) is 5.82 Å². The van der Waals surface area contributed by atoms with Gasteiger partial charge in [0.1, 0.15) is 28.2 Å². The van der Waals surface area contributed by atoms with E-state index in [9.17, 15) is 13.2 Å². The van der Waals surface area contributed by atoms with Gasteiger partial charge in [-0.2, -0.15) is 23.1 Å². The van der Waals surface area contributed by atoms with E-state index in [1.807, 2.05) is 20.8 Å². The number of alkyl halides is 3. The molecule has 3 atom stereocenters. The van der Waals surface area contributed by atoms with Crippen LogP contribution < -0.4 is 25.8 Å². The number of nitrogen functional groups attached to an aromatic ring is 1. The van der Waals surface area contributed by atoms with Crippen LogP contribution in [-0.2, 0) is 10.9 Å². The Hall–Kier alpha value is -3.56. The van der Waals surface area contributed by atoms with E-state index in [2.05, 4.69) is 35.5 Å². The van der Waals surface area contributed by atoms with Crippen LogP contribution in [-0.4, -0.2) is 89.5 Å². The first kappa shape index (κ1) is 34.3. The highest BCUT2D eigenvalue weighted by molar-refractivity contribution is 5.96. The molecule has 4 aliphatic rings. The number of rotatable bonds is 6. The number of nitrogens with zero attached hydrogens (tertiary/aromatic N) is 5. The molecular weight excluding hydrogens is 632 g/mol. The SMILES string of the molecule is CC.Cc1nc(N)cc(-c2nc3c4c(nc(OCC5(CN6CC7CCOC7C6)CC5)nc4c2F)NCCNCCC(C)O3)c1C(F)(F)F. The molecule has 0 radical (unpaired) electrons. The van der Waals surface area contributed by atoms with Gasteiger partial charge in [-0.3, -0.25) is 4.90 Å². The maximum atomic E-state index is 16.6. The number of nitrogens with two attached hydrogens (primary N) is 1. The number of hydrogen-bond acceptors (Lipinski definition) is 11. The van der Waals surface area contributed by atoms with Gasteiger partial charge in [0, 0.05) is 56.2 Å². The maximum absolute atomic E-state index is 16.6. The summed E-state index contributed by atoms with van der Waals surface area (Å²) in [7, 11) is 0. The van der Waals surface area contributed by atoms with Crippen LogP contribution in [0.3, 0.4) is 0 Å². The zero-order valence-electron chi connectivity index (χ0n) is 27.8. The van der Waals surface area contributed by atoms with E-state index in [1.54, 1.807) is 0 Å². The zero-order chi connectivity index (χ0) is 34.2. The van der Waals surface area contributed by atoms with Crippen molar-refractivity contribution in [2.24, 2.45) is 11.3 Å². The Labute approximate surface area is 277 Å². The summed E-state index contributed by atoms with van der Waals surface area (Å²) in [6.07, 6.45) is -1.34. The number of nitrogens with one attached hydrogen (secondary N) is 2. The number of fused-ring (bicyclic) bond motifs is 1. The van der Waals surface area contributed by atoms with Gasteiger partial charge in [-0.15, -0.1) is 0 Å². The largest absolute Gasteiger partial charge is 0.474 e. The average molecular weight is 677 g/mol. The summed E-state index contributed by atoms with van der Waals surface area (Å²) in [5.41, 5.74) is 2.85. The standard InChI is InChI=1S/C31H38F4N8O3.C2H6/c1-16-3-7-37-8-9-38-27-22-26(24(32)25(40-28(22)46-16)19-11-21(36)39-17(2)23(19)31(33,34)35)41-29(42-27)45-15-30(5-6-30)14-43-12-18-4-10-44-20(18)13-43;1-2/h11,16,18,20,37H,3-10,12-15H2,1-2H3,(H2,36,39)(H,38,41,42);1-2H3. The van der Waals surface area contributed by atoms with Gasteiger partial charge in [-0.1, -0.05) is 13.8 Å². The fourth-order valence-electron chi connectivity index (χ4n) is 6.88. The molecule has 48 heavy (non-hydrogen) atoms. The minimum Gasteiger partial charge on any atom is -0.474 e. The monoisotopic (exact) mass is 676 g/mol. The Kier molecular flexibility index (Phi) is 9.83. The quantitative estimate of drug-likeness (QED) is 0.297. The van der Waals surface area contributed by atoms with Gasteiger partial charge in [0.25, 0.3) is 0 Å². The van der Waals surface area contributed by atoms with E-state index in [-0.39, 0.29) is 39.8 Å². The maximum Gasteiger partial charge on any atom is 0.418 e. The fraction of sp³-hybridized carbons (Fsp3) is 0.636. The van der Waals surface area contributed by atoms with E-state index >= 15 is 4.39 Å². The number of hydrogen-bond donors (Lipinski definition) is 3. The smallest absolute Gasteiger partial charge is 0.418 e. The lowest BCUT2D eigenvalue weighted by Crippen LogP contribution is -2.33. The highest BCUT2D eigenvalue weighted by Gasteiger charge is 2.48. The molecule has 3 fully saturated rings. The molecule has 1 saturated carbocycles. The van der Waals surface area contributed by atoms with E-state index in [0.29, 0.717) is 44.7 Å². The Balaban J connectivity index is 0.00000197. The van der Waals surface area contributed by atoms with E-state index in [0.717, 1.165) is 51.6 Å². The van der Waals surface area contributed by atoms with Gasteiger partial charge >= 0.3 is 12.2 Å². The lowest BCUT2D eigenvalue weighted by Gasteiger charge is -2.24. The number of ether oxygens (including phenoxy) is 3. The van der Waals surface area contributed by atoms with E-state index in [4.69, 9.17) is 19.9 Å². The topological polar surface area (TPSA) is 133 Å². The summed E-state index contributed by atoms with van der Waals surface area (Å²) < 4.78 is 77.7. The first-order valence-electron chi connectivity index (χ1n) is 16.8. The van der Waals surface area contributed by atoms with Crippen LogP contribution in [0.15, 0.2) is 6.07 Å². The number of pyridine rings is 2. The van der Waals surface area contributed by atoms with Crippen LogP contribution in [0.4, 0.5) is 29.2 Å². The van der Waals surface area contributed by atoms with Crippen LogP contribution >= 0.6 is 0 Å². The van der Waals surface area contributed by atoms with Crippen molar-refractivity contribution >= 4 is 22.5 Å². The highest BCUT2D eigenvalue weighted by atomic mass is 19.4. The third-order valence-corrected chi connectivity index (χ3v) is 9.43. The molecule has 3 aromatic rings. The third kappa shape index (κ3) is 7.08. The molecule has 3 unspecified atom stereocenters. The molecule has 262 valence electrons. The molecule has 3 aromatic heterocycles. The Morgan fingerprint density at radius 2 is 1.88 bits per heavy atom. The molecule has 3 aliphatic heterocycles. The second-order valence-corrected chi connectivity index (χ2v) is 13.0. The summed E-state index contributed by atoms with van der Waals surface area (Å²) in [4.78, 5) is 19.6. The van der Waals surface area contributed by atoms with Crippen molar-refractivity contribution in [3.63, 3.8) is 0 Å². The molecule has 6 heterocycles. The minimum atomic E-state index is -4.85. The molecule has 0 aromatic carbocycles. The number of halogens is 4. The molecule has 11 nitrogen and oxygen atoms in total. The van der Waals surface area contributed by atoms with Gasteiger partial charge in [-0.25, -0.2) is 14.4 Å². The molecule has 0 spiro atoms. The molecule has 0 bridgehead atoms. The molecule has 0 amide bonds. The van der Waals surface area contributed by atoms with Crippen LogP contribution in [0.25, 0.3) is 22.2 Å². The second-order valence-electron chi connectivity index (χ2n) is 13.0. The van der Waals surface area contributed by atoms with Crippen molar-refractivity contribution in [2.45, 2.75) is 71.8 Å². The van der Waals surface area contributed by atoms with E-state index in [1.165, 1.54) is 6.92 Å². The third-order valence-electron chi connectivity index (χ3n) is 9.43. The van der Waals surface area contributed by atoms with E-state index < -0.39 is 40.6 Å². The molecule has 15 heteroatoms. The van der Waals surface area contributed by atoms with Gasteiger partial charge < -0.3 is 30.6 Å². The van der Waals surface area contributed by atoms with Crippen molar-refractivity contribution in [2.75, 3.05) is 63.5 Å². The summed E-state index contributed by atoms with van der Waals surface area (Å²) in [6, 6.07) is 0.895. The fourth-order valence-corrected chi connectivity index (χ4v) is 6.88. The summed E-state index contributed by atoms with van der Waals surface area (Å²) >= 11 is 0. The van der Waals surface area contributed by atoms with Crippen molar-refractivity contribution in [3.8, 4) is 23.1 Å². The van der Waals surface area contributed by atoms with Crippen LogP contribution in [0.2, 0.25) is 0 Å². The first-order chi connectivity index (χ1) is 23.0. The Bertz CT molecular complexity index is 1630. The van der Waals surface area contributed by atoms with Crippen LogP contribution in [0.5, 0.6) is 11.9 Å². The lowest BCUT2D eigenvalue weighted by atomic mass is 10.0. The number of aryl methyl sites for hydroxylation is 1. The van der Waals surface area contributed by atoms with Crippen molar-refractivity contribution < 1.29 is 31.8 Å². The lowest BCUT2D eigenvalue weighted by molar-refractivity contribution is -0.137. The summed E-state index contributed by atoms with van der Waals surface area (Å²) in [6.45, 7) is 12.6. The number of anilines is 2. The second kappa shape index (κ2) is 13.7. The first-order valence-corrected chi connectivity index (χ1v) is 16.8. The average Bonchev–Trinajstić information content (AvgIpc) is 3.49. The minimum absolute atomic E-state index is 0.0768. The normalized spacial score (nSPS) is 23.7. The molecule has 4 N–H and O–H groups in total. The van der Waals surface area contributed by atoms with Crippen LogP contribution in [0, 0.1) is 24.1 Å². The highest BCUT2D eigenvalue weighted by Crippen LogP contribution is 2.48. The molecule has 2 saturated heterocycles.